The summed E-state index contributed by atoms with van der Waals surface area (Å²) in [4.78, 5) is 14.1. The number of nitrogens with zero attached hydrogens (tertiary/aromatic N) is 1. The molecule has 3 fully saturated rings. The molecule has 1 heterocycles. The van der Waals surface area contributed by atoms with Crippen LogP contribution in [-0.2, 0) is 4.79 Å². The number of rotatable bonds is 3. The van der Waals surface area contributed by atoms with E-state index in [-0.39, 0.29) is 0 Å². The van der Waals surface area contributed by atoms with Gasteiger partial charge in [0.1, 0.15) is 5.54 Å². The van der Waals surface area contributed by atoms with Crippen molar-refractivity contribution in [2.24, 2.45) is 11.8 Å². The average Bonchev–Trinajstić information content (AvgIpc) is 3.02. The second-order valence-electron chi connectivity index (χ2n) is 6.23. The van der Waals surface area contributed by atoms with Crippen LogP contribution in [0.4, 0.5) is 0 Å². The molecular weight excluding hydrogens is 214 g/mol. The highest BCUT2D eigenvalue weighted by Gasteiger charge is 2.53. The van der Waals surface area contributed by atoms with Crippen LogP contribution in [0, 0.1) is 11.8 Å². The molecule has 1 saturated heterocycles. The third kappa shape index (κ3) is 1.55. The zero-order chi connectivity index (χ0) is 12.0. The summed E-state index contributed by atoms with van der Waals surface area (Å²) >= 11 is 0. The van der Waals surface area contributed by atoms with E-state index in [1.807, 2.05) is 6.92 Å². The Morgan fingerprint density at radius 2 is 2.24 bits per heavy atom. The Bertz CT molecular complexity index is 330. The van der Waals surface area contributed by atoms with Gasteiger partial charge in [0, 0.05) is 6.04 Å². The van der Waals surface area contributed by atoms with E-state index in [2.05, 4.69) is 4.90 Å². The van der Waals surface area contributed by atoms with Crippen molar-refractivity contribution < 1.29 is 9.90 Å². The second kappa shape index (κ2) is 3.98. The first-order valence-electron chi connectivity index (χ1n) is 7.17. The Labute approximate surface area is 103 Å². The van der Waals surface area contributed by atoms with Crippen LogP contribution in [0.3, 0.4) is 0 Å². The van der Waals surface area contributed by atoms with Crippen LogP contribution in [0.1, 0.15) is 51.9 Å². The first-order valence-corrected chi connectivity index (χ1v) is 7.17. The summed E-state index contributed by atoms with van der Waals surface area (Å²) in [6.45, 7) is 3.05. The summed E-state index contributed by atoms with van der Waals surface area (Å²) in [6, 6.07) is 0.576. The number of hydrogen-bond donors (Lipinski definition) is 1. The smallest absolute Gasteiger partial charge is 0.324 e. The van der Waals surface area contributed by atoms with Gasteiger partial charge in [0.2, 0.25) is 0 Å². The summed E-state index contributed by atoms with van der Waals surface area (Å²) in [7, 11) is 0. The van der Waals surface area contributed by atoms with E-state index in [9.17, 15) is 9.90 Å². The number of carboxylic acid groups (broad SMARTS) is 1. The van der Waals surface area contributed by atoms with E-state index in [0.29, 0.717) is 6.04 Å². The lowest BCUT2D eigenvalue weighted by molar-refractivity contribution is -0.152. The third-order valence-electron chi connectivity index (χ3n) is 5.62. The SMILES string of the molecule is CCC1(C(=O)O)CCCN1C1CC2CCC1C2. The zero-order valence-electron chi connectivity index (χ0n) is 10.7. The highest BCUT2D eigenvalue weighted by molar-refractivity contribution is 5.79. The predicted octanol–water partition coefficient (Wildman–Crippen LogP) is 2.50. The number of fused-ring (bicyclic) bond motifs is 2. The average molecular weight is 237 g/mol. The lowest BCUT2D eigenvalue weighted by Gasteiger charge is -2.41. The van der Waals surface area contributed by atoms with Gasteiger partial charge in [-0.1, -0.05) is 13.3 Å². The van der Waals surface area contributed by atoms with Crippen LogP contribution in [0.5, 0.6) is 0 Å². The van der Waals surface area contributed by atoms with Crippen LogP contribution in [0.15, 0.2) is 0 Å². The van der Waals surface area contributed by atoms with Crippen molar-refractivity contribution in [2.75, 3.05) is 6.54 Å². The molecule has 1 N–H and O–H groups in total. The van der Waals surface area contributed by atoms with Gasteiger partial charge in [0.25, 0.3) is 0 Å². The minimum atomic E-state index is -0.583. The Morgan fingerprint density at radius 1 is 1.41 bits per heavy atom. The molecule has 4 unspecified atom stereocenters. The monoisotopic (exact) mass is 237 g/mol. The van der Waals surface area contributed by atoms with Crippen LogP contribution in [-0.4, -0.2) is 34.1 Å². The molecule has 0 aromatic carbocycles. The molecule has 0 amide bonds. The van der Waals surface area contributed by atoms with E-state index in [1.54, 1.807) is 0 Å². The predicted molar refractivity (Wildman–Crippen MR) is 65.8 cm³/mol. The van der Waals surface area contributed by atoms with Crippen molar-refractivity contribution >= 4 is 5.97 Å². The maximum absolute atomic E-state index is 11.7. The first-order chi connectivity index (χ1) is 8.17. The molecule has 4 atom stereocenters. The largest absolute Gasteiger partial charge is 0.480 e. The summed E-state index contributed by atoms with van der Waals surface area (Å²) in [5.41, 5.74) is -0.533. The van der Waals surface area contributed by atoms with Gasteiger partial charge in [-0.25, -0.2) is 0 Å². The van der Waals surface area contributed by atoms with E-state index in [0.717, 1.165) is 37.6 Å². The number of likely N-dealkylation sites (tertiary alicyclic amines) is 1. The Kier molecular flexibility index (Phi) is 2.69. The van der Waals surface area contributed by atoms with Crippen LogP contribution in [0.25, 0.3) is 0 Å². The molecule has 3 heteroatoms. The van der Waals surface area contributed by atoms with E-state index in [1.165, 1.54) is 25.7 Å². The van der Waals surface area contributed by atoms with Crippen molar-refractivity contribution in [3.63, 3.8) is 0 Å². The lowest BCUT2D eigenvalue weighted by Crippen LogP contribution is -2.55. The molecule has 0 aromatic heterocycles. The fourth-order valence-electron chi connectivity index (χ4n) is 4.74. The molecule has 96 valence electrons. The van der Waals surface area contributed by atoms with Crippen LogP contribution in [0.2, 0.25) is 0 Å². The summed E-state index contributed by atoms with van der Waals surface area (Å²) in [5.74, 6) is 1.11. The Hall–Kier alpha value is -0.570. The maximum Gasteiger partial charge on any atom is 0.324 e. The maximum atomic E-state index is 11.7. The van der Waals surface area contributed by atoms with Crippen molar-refractivity contribution in [1.29, 1.82) is 0 Å². The zero-order valence-corrected chi connectivity index (χ0v) is 10.7. The second-order valence-corrected chi connectivity index (χ2v) is 6.23. The fourth-order valence-corrected chi connectivity index (χ4v) is 4.74. The summed E-state index contributed by atoms with van der Waals surface area (Å²) < 4.78 is 0. The molecule has 3 rings (SSSR count). The minimum Gasteiger partial charge on any atom is -0.480 e. The van der Waals surface area contributed by atoms with Crippen LogP contribution >= 0.6 is 0 Å². The highest BCUT2D eigenvalue weighted by atomic mass is 16.4. The molecule has 2 saturated carbocycles. The summed E-state index contributed by atoms with van der Waals surface area (Å²) in [6.07, 6.45) is 8.03. The molecule has 2 aliphatic carbocycles. The molecular formula is C14H23NO2. The normalized spacial score (nSPS) is 45.6. The van der Waals surface area contributed by atoms with Crippen molar-refractivity contribution in [2.45, 2.75) is 63.5 Å². The van der Waals surface area contributed by atoms with Gasteiger partial charge in [0.15, 0.2) is 0 Å². The fraction of sp³-hybridized carbons (Fsp3) is 0.929. The Balaban J connectivity index is 1.84. The Morgan fingerprint density at radius 3 is 2.76 bits per heavy atom. The van der Waals surface area contributed by atoms with E-state index < -0.39 is 11.5 Å². The van der Waals surface area contributed by atoms with Gasteiger partial charge < -0.3 is 5.11 Å². The van der Waals surface area contributed by atoms with Crippen molar-refractivity contribution in [3.8, 4) is 0 Å². The van der Waals surface area contributed by atoms with Gasteiger partial charge in [-0.2, -0.15) is 0 Å². The molecule has 0 spiro atoms. The quantitative estimate of drug-likeness (QED) is 0.820. The molecule has 0 aromatic rings. The van der Waals surface area contributed by atoms with Gasteiger partial charge in [-0.3, -0.25) is 9.69 Å². The molecule has 1 aliphatic heterocycles. The summed E-state index contributed by atoms with van der Waals surface area (Å²) in [5, 5.41) is 9.62. The minimum absolute atomic E-state index is 0.533. The first kappa shape index (κ1) is 11.5. The number of hydrogen-bond acceptors (Lipinski definition) is 2. The van der Waals surface area contributed by atoms with Crippen molar-refractivity contribution in [1.82, 2.24) is 4.90 Å². The van der Waals surface area contributed by atoms with Gasteiger partial charge in [-0.05, 0) is 56.9 Å². The molecule has 0 radical (unpaired) electrons. The molecule has 3 nitrogen and oxygen atoms in total. The standard InChI is InChI=1S/C14H23NO2/c1-2-14(13(16)17)6-3-7-15(14)12-9-10-4-5-11(12)8-10/h10-12H,2-9H2,1H3,(H,16,17). The number of aliphatic carboxylic acids is 1. The van der Waals surface area contributed by atoms with Crippen LogP contribution < -0.4 is 0 Å². The van der Waals surface area contributed by atoms with Gasteiger partial charge in [-0.15, -0.1) is 0 Å². The van der Waals surface area contributed by atoms with Crippen molar-refractivity contribution in [3.05, 3.63) is 0 Å². The number of carbonyl (C=O) groups is 1. The lowest BCUT2D eigenvalue weighted by atomic mass is 9.87. The molecule has 3 aliphatic rings. The van der Waals surface area contributed by atoms with Gasteiger partial charge in [0.05, 0.1) is 0 Å². The van der Waals surface area contributed by atoms with E-state index in [4.69, 9.17) is 0 Å². The molecule has 2 bridgehead atoms. The van der Waals surface area contributed by atoms with E-state index >= 15 is 0 Å². The molecule has 17 heavy (non-hydrogen) atoms. The third-order valence-corrected chi connectivity index (χ3v) is 5.62. The van der Waals surface area contributed by atoms with Gasteiger partial charge >= 0.3 is 5.97 Å². The number of carboxylic acids is 1. The topological polar surface area (TPSA) is 40.5 Å². The highest BCUT2D eigenvalue weighted by Crippen LogP contribution is 2.50.